The lowest BCUT2D eigenvalue weighted by atomic mass is 10.1. The summed E-state index contributed by atoms with van der Waals surface area (Å²) in [6.07, 6.45) is 5.39. The second-order valence-corrected chi connectivity index (χ2v) is 7.24. The van der Waals surface area contributed by atoms with Crippen LogP contribution < -0.4 is 15.2 Å². The van der Waals surface area contributed by atoms with Crippen LogP contribution in [0.15, 0.2) is 24.3 Å². The Kier molecular flexibility index (Phi) is 4.99. The number of benzene rings is 1. The summed E-state index contributed by atoms with van der Waals surface area (Å²) in [5.41, 5.74) is 9.12. The molecule has 2 heterocycles. The van der Waals surface area contributed by atoms with E-state index in [1.807, 2.05) is 24.3 Å². The number of amides is 1. The molecule has 6 heteroatoms. The molecular weight excluding hydrogens is 342 g/mol. The standard InChI is InChI=1S/C21H25N3O3/c1-26-19-11-14(13-24-9-2-3-10-24)7-8-18(19)27-21-16(20(22)25)12-15-5-4-6-17(15)23-21/h7-8,11-12H,2-6,9-10,13H2,1H3,(H2,22,25). The Balaban J connectivity index is 1.61. The topological polar surface area (TPSA) is 77.7 Å². The first kappa shape index (κ1) is 17.8. The molecule has 6 nitrogen and oxygen atoms in total. The quantitative estimate of drug-likeness (QED) is 0.849. The van der Waals surface area contributed by atoms with Gasteiger partial charge in [0.25, 0.3) is 5.91 Å². The van der Waals surface area contributed by atoms with Gasteiger partial charge in [0, 0.05) is 12.2 Å². The van der Waals surface area contributed by atoms with Crippen molar-refractivity contribution in [3.8, 4) is 17.4 Å². The minimum absolute atomic E-state index is 0.258. The van der Waals surface area contributed by atoms with E-state index in [-0.39, 0.29) is 5.88 Å². The SMILES string of the molecule is COc1cc(CN2CCCC2)ccc1Oc1nc2c(cc1C(N)=O)CCC2. The maximum Gasteiger partial charge on any atom is 0.254 e. The Labute approximate surface area is 159 Å². The van der Waals surface area contributed by atoms with Crippen molar-refractivity contribution in [2.75, 3.05) is 20.2 Å². The van der Waals surface area contributed by atoms with Gasteiger partial charge in [0.2, 0.25) is 5.88 Å². The maximum atomic E-state index is 11.9. The van der Waals surface area contributed by atoms with Gasteiger partial charge in [0.1, 0.15) is 5.56 Å². The Morgan fingerprint density at radius 3 is 2.70 bits per heavy atom. The number of ether oxygens (including phenoxy) is 2. The number of rotatable bonds is 6. The number of pyridine rings is 1. The summed E-state index contributed by atoms with van der Waals surface area (Å²) in [7, 11) is 1.62. The summed E-state index contributed by atoms with van der Waals surface area (Å²) in [4.78, 5) is 18.9. The highest BCUT2D eigenvalue weighted by atomic mass is 16.5. The average Bonchev–Trinajstić information content (AvgIpc) is 3.33. The van der Waals surface area contributed by atoms with E-state index in [1.54, 1.807) is 7.11 Å². The first-order valence-corrected chi connectivity index (χ1v) is 9.54. The fraction of sp³-hybridized carbons (Fsp3) is 0.429. The van der Waals surface area contributed by atoms with Crippen LogP contribution in [0.4, 0.5) is 0 Å². The summed E-state index contributed by atoms with van der Waals surface area (Å²) in [5, 5.41) is 0. The predicted octanol–water partition coefficient (Wildman–Crippen LogP) is 3.07. The largest absolute Gasteiger partial charge is 0.493 e. The number of methoxy groups -OCH3 is 1. The van der Waals surface area contributed by atoms with E-state index in [0.717, 1.165) is 50.2 Å². The van der Waals surface area contributed by atoms with Gasteiger partial charge in [-0.1, -0.05) is 6.07 Å². The Hall–Kier alpha value is -2.60. The number of likely N-dealkylation sites (tertiary alicyclic amines) is 1. The van der Waals surface area contributed by atoms with Gasteiger partial charge < -0.3 is 15.2 Å². The van der Waals surface area contributed by atoms with Gasteiger partial charge in [0.15, 0.2) is 11.5 Å². The molecule has 4 rings (SSSR count). The molecule has 1 aromatic heterocycles. The van der Waals surface area contributed by atoms with Crippen molar-refractivity contribution in [3.05, 3.63) is 46.6 Å². The normalized spacial score (nSPS) is 16.3. The van der Waals surface area contributed by atoms with Gasteiger partial charge in [0.05, 0.1) is 7.11 Å². The minimum Gasteiger partial charge on any atom is -0.493 e. The number of carbonyl (C=O) groups excluding carboxylic acids is 1. The number of carbonyl (C=O) groups is 1. The molecule has 1 fully saturated rings. The number of hydrogen-bond acceptors (Lipinski definition) is 5. The van der Waals surface area contributed by atoms with Crippen molar-refractivity contribution >= 4 is 5.91 Å². The van der Waals surface area contributed by atoms with E-state index in [4.69, 9.17) is 15.2 Å². The van der Waals surface area contributed by atoms with Gasteiger partial charge in [-0.25, -0.2) is 4.98 Å². The summed E-state index contributed by atoms with van der Waals surface area (Å²) in [6, 6.07) is 7.73. The van der Waals surface area contributed by atoms with Crippen molar-refractivity contribution in [1.29, 1.82) is 0 Å². The Morgan fingerprint density at radius 1 is 1.15 bits per heavy atom. The molecule has 1 amide bonds. The van der Waals surface area contributed by atoms with E-state index in [2.05, 4.69) is 9.88 Å². The molecule has 2 aliphatic rings. The third-order valence-electron chi connectivity index (χ3n) is 5.32. The van der Waals surface area contributed by atoms with Crippen molar-refractivity contribution < 1.29 is 14.3 Å². The lowest BCUT2D eigenvalue weighted by Gasteiger charge is -2.17. The van der Waals surface area contributed by atoms with Gasteiger partial charge in [-0.3, -0.25) is 9.69 Å². The van der Waals surface area contributed by atoms with Crippen LogP contribution in [0.25, 0.3) is 0 Å². The molecule has 1 aromatic carbocycles. The van der Waals surface area contributed by atoms with Gasteiger partial charge >= 0.3 is 0 Å². The Bertz CT molecular complexity index is 860. The molecule has 2 N–H and O–H groups in total. The van der Waals surface area contributed by atoms with Crippen LogP contribution in [-0.2, 0) is 19.4 Å². The summed E-state index contributed by atoms with van der Waals surface area (Å²) < 4.78 is 11.5. The average molecular weight is 367 g/mol. The fourth-order valence-electron chi connectivity index (χ4n) is 3.91. The molecule has 1 aliphatic carbocycles. The maximum absolute atomic E-state index is 11.9. The van der Waals surface area contributed by atoms with Crippen LogP contribution in [-0.4, -0.2) is 36.0 Å². The molecule has 0 bridgehead atoms. The van der Waals surface area contributed by atoms with E-state index >= 15 is 0 Å². The van der Waals surface area contributed by atoms with Gasteiger partial charge in [-0.15, -0.1) is 0 Å². The van der Waals surface area contributed by atoms with E-state index in [9.17, 15) is 4.79 Å². The monoisotopic (exact) mass is 367 g/mol. The number of hydrogen-bond donors (Lipinski definition) is 1. The third kappa shape index (κ3) is 3.76. The molecule has 0 radical (unpaired) electrons. The summed E-state index contributed by atoms with van der Waals surface area (Å²) in [6.45, 7) is 3.18. The number of fused-ring (bicyclic) bond motifs is 1. The summed E-state index contributed by atoms with van der Waals surface area (Å²) >= 11 is 0. The number of aromatic nitrogens is 1. The number of nitrogens with zero attached hydrogens (tertiary/aromatic N) is 2. The highest BCUT2D eigenvalue weighted by Gasteiger charge is 2.21. The molecule has 0 unspecified atom stereocenters. The minimum atomic E-state index is -0.531. The molecule has 27 heavy (non-hydrogen) atoms. The fourth-order valence-corrected chi connectivity index (χ4v) is 3.91. The molecule has 0 saturated carbocycles. The van der Waals surface area contributed by atoms with Crippen LogP contribution in [0.1, 0.15) is 46.4 Å². The first-order valence-electron chi connectivity index (χ1n) is 9.54. The van der Waals surface area contributed by atoms with E-state index in [0.29, 0.717) is 17.1 Å². The zero-order chi connectivity index (χ0) is 18.8. The lowest BCUT2D eigenvalue weighted by Crippen LogP contribution is -2.18. The summed E-state index contributed by atoms with van der Waals surface area (Å²) in [5.74, 6) is 0.894. The van der Waals surface area contributed by atoms with Crippen LogP contribution in [0.2, 0.25) is 0 Å². The molecule has 0 atom stereocenters. The lowest BCUT2D eigenvalue weighted by molar-refractivity contribution is 0.0997. The molecule has 142 valence electrons. The van der Waals surface area contributed by atoms with Crippen molar-refractivity contribution in [2.24, 2.45) is 5.73 Å². The zero-order valence-corrected chi connectivity index (χ0v) is 15.7. The van der Waals surface area contributed by atoms with Crippen LogP contribution >= 0.6 is 0 Å². The highest BCUT2D eigenvalue weighted by Crippen LogP contribution is 2.35. The van der Waals surface area contributed by atoms with Gasteiger partial charge in [-0.05, 0) is 74.5 Å². The number of nitrogens with two attached hydrogens (primary N) is 1. The molecule has 1 aliphatic heterocycles. The van der Waals surface area contributed by atoms with E-state index in [1.165, 1.54) is 18.4 Å². The van der Waals surface area contributed by atoms with Crippen LogP contribution in [0.5, 0.6) is 17.4 Å². The smallest absolute Gasteiger partial charge is 0.254 e. The van der Waals surface area contributed by atoms with Crippen molar-refractivity contribution in [1.82, 2.24) is 9.88 Å². The van der Waals surface area contributed by atoms with Crippen LogP contribution in [0.3, 0.4) is 0 Å². The molecule has 2 aromatic rings. The second-order valence-electron chi connectivity index (χ2n) is 7.24. The molecule has 0 spiro atoms. The second kappa shape index (κ2) is 7.56. The third-order valence-corrected chi connectivity index (χ3v) is 5.32. The number of aryl methyl sites for hydroxylation is 2. The van der Waals surface area contributed by atoms with Crippen molar-refractivity contribution in [3.63, 3.8) is 0 Å². The molecular formula is C21H25N3O3. The first-order chi connectivity index (χ1) is 13.1. The highest BCUT2D eigenvalue weighted by molar-refractivity contribution is 5.95. The Morgan fingerprint density at radius 2 is 1.96 bits per heavy atom. The molecule has 1 saturated heterocycles. The van der Waals surface area contributed by atoms with E-state index < -0.39 is 5.91 Å². The predicted molar refractivity (Wildman–Crippen MR) is 102 cm³/mol. The zero-order valence-electron chi connectivity index (χ0n) is 15.7. The van der Waals surface area contributed by atoms with Gasteiger partial charge in [-0.2, -0.15) is 0 Å². The number of primary amides is 1. The van der Waals surface area contributed by atoms with Crippen LogP contribution in [0, 0.1) is 0 Å². The van der Waals surface area contributed by atoms with Crippen molar-refractivity contribution in [2.45, 2.75) is 38.6 Å².